The molecule has 0 aromatic carbocycles. The van der Waals surface area contributed by atoms with Gasteiger partial charge in [-0.1, -0.05) is 13.8 Å². The Kier molecular flexibility index (Phi) is 2.41. The molecule has 0 radical (unpaired) electrons. The number of nitrogens with zero attached hydrogens (tertiary/aromatic N) is 4. The largest absolute Gasteiger partial charge is 0.388 e. The van der Waals surface area contributed by atoms with Gasteiger partial charge in [0.15, 0.2) is 5.65 Å². The van der Waals surface area contributed by atoms with E-state index in [1.54, 1.807) is 6.33 Å². The highest BCUT2D eigenvalue weighted by molar-refractivity contribution is 5.74. The highest BCUT2D eigenvalue weighted by Gasteiger charge is 2.41. The zero-order valence-electron chi connectivity index (χ0n) is 11.0. The van der Waals surface area contributed by atoms with Crippen LogP contribution in [0.2, 0.25) is 0 Å². The van der Waals surface area contributed by atoms with E-state index in [9.17, 15) is 5.11 Å². The summed E-state index contributed by atoms with van der Waals surface area (Å²) in [6.07, 6.45) is 3.50. The molecule has 0 unspecified atom stereocenters. The predicted octanol–water partition coefficient (Wildman–Crippen LogP) is 1.78. The molecule has 5 nitrogen and oxygen atoms in total. The second kappa shape index (κ2) is 3.75. The van der Waals surface area contributed by atoms with Crippen molar-refractivity contribution in [2.24, 2.45) is 0 Å². The Morgan fingerprint density at radius 2 is 2.11 bits per heavy atom. The van der Waals surface area contributed by atoms with Crippen molar-refractivity contribution in [1.82, 2.24) is 19.5 Å². The third-order valence-corrected chi connectivity index (χ3v) is 3.44. The van der Waals surface area contributed by atoms with Crippen LogP contribution >= 0.6 is 0 Å². The van der Waals surface area contributed by atoms with Gasteiger partial charge in [0.2, 0.25) is 0 Å². The van der Waals surface area contributed by atoms with Crippen LogP contribution in [0.4, 0.5) is 0 Å². The molecule has 1 saturated carbocycles. The molecule has 1 N–H and O–H groups in total. The van der Waals surface area contributed by atoms with Crippen LogP contribution in [-0.4, -0.2) is 30.2 Å². The van der Waals surface area contributed by atoms with Crippen LogP contribution in [0.15, 0.2) is 6.33 Å². The Morgan fingerprint density at radius 3 is 2.72 bits per heavy atom. The minimum absolute atomic E-state index is 0.321. The first-order valence-corrected chi connectivity index (χ1v) is 6.40. The molecule has 0 spiro atoms. The molecule has 18 heavy (non-hydrogen) atoms. The van der Waals surface area contributed by atoms with Gasteiger partial charge in [0.1, 0.15) is 11.3 Å². The van der Waals surface area contributed by atoms with Crippen LogP contribution < -0.4 is 0 Å². The lowest BCUT2D eigenvalue weighted by Crippen LogP contribution is -2.16. The number of imidazole rings is 1. The van der Waals surface area contributed by atoms with Crippen molar-refractivity contribution >= 4 is 11.2 Å². The maximum Gasteiger partial charge on any atom is 0.163 e. The van der Waals surface area contributed by atoms with Crippen molar-refractivity contribution in [3.63, 3.8) is 0 Å². The third-order valence-electron chi connectivity index (χ3n) is 3.44. The molecule has 3 rings (SSSR count). The van der Waals surface area contributed by atoms with Gasteiger partial charge < -0.3 is 9.67 Å². The first kappa shape index (κ1) is 11.6. The summed E-state index contributed by atoms with van der Waals surface area (Å²) in [5.74, 6) is 1.08. The van der Waals surface area contributed by atoms with E-state index in [2.05, 4.69) is 28.8 Å². The third kappa shape index (κ3) is 1.88. The maximum atomic E-state index is 10.0. The summed E-state index contributed by atoms with van der Waals surface area (Å²) in [6.45, 7) is 6.69. The number of aliphatic hydroxyl groups is 1. The van der Waals surface area contributed by atoms with E-state index in [1.165, 1.54) is 0 Å². The van der Waals surface area contributed by atoms with E-state index >= 15 is 0 Å². The summed E-state index contributed by atoms with van der Waals surface area (Å²) in [4.78, 5) is 13.4. The molecule has 2 aromatic rings. The molecular formula is C13H18N4O. The van der Waals surface area contributed by atoms with Gasteiger partial charge >= 0.3 is 0 Å². The van der Waals surface area contributed by atoms with E-state index in [0.29, 0.717) is 12.5 Å². The number of aryl methyl sites for hydroxylation is 1. The Hall–Kier alpha value is -1.49. The van der Waals surface area contributed by atoms with E-state index in [1.807, 2.05) is 11.5 Å². The lowest BCUT2D eigenvalue weighted by atomic mass is 10.1. The normalized spacial score (nSPS) is 17.6. The van der Waals surface area contributed by atoms with Gasteiger partial charge in [-0.2, -0.15) is 0 Å². The Labute approximate surface area is 106 Å². The molecule has 0 aliphatic heterocycles. The molecule has 0 amide bonds. The summed E-state index contributed by atoms with van der Waals surface area (Å²) < 4.78 is 1.95. The number of aromatic nitrogens is 4. The number of hydrogen-bond donors (Lipinski definition) is 1. The standard InChI is InChI=1S/C13H18N4O/c1-8(2)10-11-12(16-9(3)15-10)17(7-14-11)6-13(18)4-5-13/h7-8,18H,4-6H2,1-3H3. The second-order valence-corrected chi connectivity index (χ2v) is 5.58. The first-order valence-electron chi connectivity index (χ1n) is 6.40. The lowest BCUT2D eigenvalue weighted by Gasteiger charge is -2.10. The molecule has 2 heterocycles. The molecule has 1 aliphatic rings. The quantitative estimate of drug-likeness (QED) is 0.896. The van der Waals surface area contributed by atoms with Crippen LogP contribution in [0, 0.1) is 6.92 Å². The predicted molar refractivity (Wildman–Crippen MR) is 68.3 cm³/mol. The van der Waals surface area contributed by atoms with Crippen molar-refractivity contribution in [1.29, 1.82) is 0 Å². The molecular weight excluding hydrogens is 228 g/mol. The van der Waals surface area contributed by atoms with Gasteiger partial charge in [0, 0.05) is 0 Å². The molecule has 0 saturated heterocycles. The van der Waals surface area contributed by atoms with E-state index in [0.717, 1.165) is 35.5 Å². The fraction of sp³-hybridized carbons (Fsp3) is 0.615. The van der Waals surface area contributed by atoms with Gasteiger partial charge in [-0.25, -0.2) is 15.0 Å². The Morgan fingerprint density at radius 1 is 1.39 bits per heavy atom. The highest BCUT2D eigenvalue weighted by Crippen LogP contribution is 2.37. The van der Waals surface area contributed by atoms with Crippen LogP contribution in [0.3, 0.4) is 0 Å². The molecule has 1 fully saturated rings. The number of hydrogen-bond acceptors (Lipinski definition) is 4. The molecule has 0 bridgehead atoms. The lowest BCUT2D eigenvalue weighted by molar-refractivity contribution is 0.130. The molecule has 5 heteroatoms. The summed E-state index contributed by atoms with van der Waals surface area (Å²) in [7, 11) is 0. The van der Waals surface area contributed by atoms with Crippen molar-refractivity contribution in [2.45, 2.75) is 51.7 Å². The van der Waals surface area contributed by atoms with Crippen molar-refractivity contribution < 1.29 is 5.11 Å². The van der Waals surface area contributed by atoms with Crippen molar-refractivity contribution in [3.05, 3.63) is 17.8 Å². The van der Waals surface area contributed by atoms with Gasteiger partial charge in [-0.15, -0.1) is 0 Å². The molecule has 2 aromatic heterocycles. The van der Waals surface area contributed by atoms with Crippen molar-refractivity contribution in [2.75, 3.05) is 0 Å². The summed E-state index contributed by atoms with van der Waals surface area (Å²) in [5, 5.41) is 10.0. The van der Waals surface area contributed by atoms with Gasteiger partial charge in [-0.3, -0.25) is 0 Å². The smallest absolute Gasteiger partial charge is 0.163 e. The van der Waals surface area contributed by atoms with Gasteiger partial charge in [0.05, 0.1) is 24.2 Å². The van der Waals surface area contributed by atoms with Gasteiger partial charge in [0.25, 0.3) is 0 Å². The summed E-state index contributed by atoms with van der Waals surface area (Å²) in [5.41, 5.74) is 2.15. The van der Waals surface area contributed by atoms with Crippen LogP contribution in [0.5, 0.6) is 0 Å². The SMILES string of the molecule is Cc1nc(C(C)C)c2ncn(CC3(O)CC3)c2n1. The Balaban J connectivity index is 2.12. The van der Waals surface area contributed by atoms with Crippen molar-refractivity contribution in [3.8, 4) is 0 Å². The number of rotatable bonds is 3. The van der Waals surface area contributed by atoms with E-state index in [4.69, 9.17) is 0 Å². The monoisotopic (exact) mass is 246 g/mol. The molecule has 0 atom stereocenters. The number of fused-ring (bicyclic) bond motifs is 1. The zero-order chi connectivity index (χ0) is 12.9. The average Bonchev–Trinajstić information content (AvgIpc) is 2.89. The molecule has 1 aliphatic carbocycles. The van der Waals surface area contributed by atoms with E-state index < -0.39 is 5.60 Å². The zero-order valence-corrected chi connectivity index (χ0v) is 11.0. The second-order valence-electron chi connectivity index (χ2n) is 5.58. The fourth-order valence-corrected chi connectivity index (χ4v) is 2.22. The summed E-state index contributed by atoms with van der Waals surface area (Å²) in [6, 6.07) is 0. The van der Waals surface area contributed by atoms with Gasteiger partial charge in [-0.05, 0) is 25.7 Å². The maximum absolute atomic E-state index is 10.0. The topological polar surface area (TPSA) is 63.8 Å². The fourth-order valence-electron chi connectivity index (χ4n) is 2.22. The van der Waals surface area contributed by atoms with E-state index in [-0.39, 0.29) is 0 Å². The Bertz CT molecular complexity index is 598. The first-order chi connectivity index (χ1) is 8.48. The average molecular weight is 246 g/mol. The molecule has 96 valence electrons. The van der Waals surface area contributed by atoms with Crippen LogP contribution in [0.1, 0.15) is 44.1 Å². The highest BCUT2D eigenvalue weighted by atomic mass is 16.3. The van der Waals surface area contributed by atoms with Crippen LogP contribution in [-0.2, 0) is 6.54 Å². The minimum atomic E-state index is -0.537. The minimum Gasteiger partial charge on any atom is -0.388 e. The summed E-state index contributed by atoms with van der Waals surface area (Å²) >= 11 is 0. The van der Waals surface area contributed by atoms with Crippen LogP contribution in [0.25, 0.3) is 11.2 Å².